The Morgan fingerprint density at radius 2 is 1.86 bits per heavy atom. The van der Waals surface area contributed by atoms with Gasteiger partial charge in [-0.05, 0) is 48.2 Å². The molecule has 4 N–H and O–H groups in total. The minimum atomic E-state index is -4.15. The number of hydrogen-bond acceptors (Lipinski definition) is 5. The zero-order valence-electron chi connectivity index (χ0n) is 15.7. The summed E-state index contributed by atoms with van der Waals surface area (Å²) in [4.78, 5) is 11.8. The molecule has 9 heteroatoms. The van der Waals surface area contributed by atoms with E-state index in [0.717, 1.165) is 18.2 Å². The van der Waals surface area contributed by atoms with Crippen molar-refractivity contribution in [1.29, 1.82) is 0 Å². The third kappa shape index (κ3) is 4.60. The number of nitrogens with one attached hydrogen (secondary N) is 1. The summed E-state index contributed by atoms with van der Waals surface area (Å²) in [5, 5.41) is 9.67. The van der Waals surface area contributed by atoms with E-state index in [1.165, 1.54) is 6.07 Å². The maximum Gasteiger partial charge on any atom is 0.341 e. The summed E-state index contributed by atoms with van der Waals surface area (Å²) in [6.07, 6.45) is 0.782. The zero-order chi connectivity index (χ0) is 20.9. The Bertz CT molecular complexity index is 977. The monoisotopic (exact) mass is 410 g/mol. The largest absolute Gasteiger partial charge is 0.491 e. The molecule has 2 rings (SSSR count). The molecule has 0 aliphatic carbocycles. The number of rotatable bonds is 9. The molecule has 2 aromatic carbocycles. The predicted molar refractivity (Wildman–Crippen MR) is 104 cm³/mol. The first kappa shape index (κ1) is 21.6. The third-order valence-corrected chi connectivity index (χ3v) is 5.60. The second-order valence-corrected chi connectivity index (χ2v) is 7.63. The first-order valence-electron chi connectivity index (χ1n) is 8.78. The van der Waals surface area contributed by atoms with Gasteiger partial charge in [0, 0.05) is 6.54 Å². The van der Waals surface area contributed by atoms with Crippen molar-refractivity contribution in [2.24, 2.45) is 5.73 Å². The number of carbonyl (C=O) groups is 1. The molecule has 0 aliphatic rings. The number of anilines is 1. The standard InChI is InChI=1S/C19H23FN2O5S/c1-3-12-5-7-15(17(19(23)24)18(12)27-10-9-21)22-28(25,26)16-8-6-14(20)11-13(16)4-2/h5-8,11,22H,3-4,9-10,21H2,1-2H3,(H,23,24). The van der Waals surface area contributed by atoms with Gasteiger partial charge in [-0.2, -0.15) is 0 Å². The molecule has 0 amide bonds. The second-order valence-electron chi connectivity index (χ2n) is 5.98. The maximum atomic E-state index is 13.5. The summed E-state index contributed by atoms with van der Waals surface area (Å²) in [6, 6.07) is 6.32. The van der Waals surface area contributed by atoms with Gasteiger partial charge in [-0.15, -0.1) is 0 Å². The molecule has 2 aromatic rings. The number of sulfonamides is 1. The summed E-state index contributed by atoms with van der Waals surface area (Å²) >= 11 is 0. The van der Waals surface area contributed by atoms with E-state index in [1.807, 2.05) is 6.92 Å². The van der Waals surface area contributed by atoms with E-state index in [0.29, 0.717) is 18.4 Å². The van der Waals surface area contributed by atoms with Gasteiger partial charge in [0.15, 0.2) is 0 Å². The Hall–Kier alpha value is -2.65. The Morgan fingerprint density at radius 3 is 2.43 bits per heavy atom. The first-order valence-corrected chi connectivity index (χ1v) is 10.3. The smallest absolute Gasteiger partial charge is 0.341 e. The van der Waals surface area contributed by atoms with Crippen LogP contribution >= 0.6 is 0 Å². The van der Waals surface area contributed by atoms with Crippen LogP contribution in [0.25, 0.3) is 0 Å². The number of ether oxygens (including phenoxy) is 1. The van der Waals surface area contributed by atoms with E-state index < -0.39 is 21.8 Å². The molecule has 0 aliphatic heterocycles. The molecular weight excluding hydrogens is 387 g/mol. The fraction of sp³-hybridized carbons (Fsp3) is 0.316. The lowest BCUT2D eigenvalue weighted by atomic mass is 10.0. The lowest BCUT2D eigenvalue weighted by Gasteiger charge is -2.18. The van der Waals surface area contributed by atoms with Crippen LogP contribution in [0.5, 0.6) is 5.75 Å². The van der Waals surface area contributed by atoms with Crippen molar-refractivity contribution in [3.63, 3.8) is 0 Å². The number of benzene rings is 2. The SMILES string of the molecule is CCc1cc(F)ccc1S(=O)(=O)Nc1ccc(CC)c(OCCN)c1C(=O)O. The molecule has 152 valence electrons. The van der Waals surface area contributed by atoms with Crippen LogP contribution in [0.2, 0.25) is 0 Å². The molecular formula is C19H23FN2O5S. The van der Waals surface area contributed by atoms with Crippen LogP contribution in [0, 0.1) is 5.82 Å². The lowest BCUT2D eigenvalue weighted by molar-refractivity contribution is 0.0693. The molecule has 0 bridgehead atoms. The van der Waals surface area contributed by atoms with Gasteiger partial charge in [-0.25, -0.2) is 17.6 Å². The minimum absolute atomic E-state index is 0.0791. The van der Waals surface area contributed by atoms with Crippen molar-refractivity contribution in [2.75, 3.05) is 17.9 Å². The summed E-state index contributed by atoms with van der Waals surface area (Å²) in [5.41, 5.74) is 5.91. The summed E-state index contributed by atoms with van der Waals surface area (Å²) < 4.78 is 47.0. The Labute approximate surface area is 163 Å². The Kier molecular flexibility index (Phi) is 6.98. The molecule has 0 heterocycles. The van der Waals surface area contributed by atoms with Crippen LogP contribution in [0.1, 0.15) is 35.3 Å². The number of aryl methyl sites for hydroxylation is 2. The summed E-state index contributed by atoms with van der Waals surface area (Å²) in [6.45, 7) is 3.78. The second kappa shape index (κ2) is 9.03. The van der Waals surface area contributed by atoms with Gasteiger partial charge in [-0.3, -0.25) is 4.72 Å². The van der Waals surface area contributed by atoms with Gasteiger partial charge < -0.3 is 15.6 Å². The maximum absolute atomic E-state index is 13.5. The zero-order valence-corrected chi connectivity index (χ0v) is 16.5. The quantitative estimate of drug-likeness (QED) is 0.585. The summed E-state index contributed by atoms with van der Waals surface area (Å²) in [5.74, 6) is -1.81. The van der Waals surface area contributed by atoms with Crippen LogP contribution in [0.4, 0.5) is 10.1 Å². The number of aromatic carboxylic acids is 1. The minimum Gasteiger partial charge on any atom is -0.491 e. The average molecular weight is 410 g/mol. The van der Waals surface area contributed by atoms with Gasteiger partial charge in [0.25, 0.3) is 10.0 Å². The molecule has 0 fully saturated rings. The van der Waals surface area contributed by atoms with Crippen LogP contribution in [-0.2, 0) is 22.9 Å². The number of carboxylic acids is 1. The van der Waals surface area contributed by atoms with Crippen LogP contribution in [0.15, 0.2) is 35.2 Å². The highest BCUT2D eigenvalue weighted by atomic mass is 32.2. The van der Waals surface area contributed by atoms with Gasteiger partial charge >= 0.3 is 5.97 Å². The van der Waals surface area contributed by atoms with Gasteiger partial charge in [0.1, 0.15) is 23.7 Å². The van der Waals surface area contributed by atoms with Crippen LogP contribution in [-0.4, -0.2) is 32.6 Å². The van der Waals surface area contributed by atoms with E-state index in [2.05, 4.69) is 4.72 Å². The average Bonchev–Trinajstić information content (AvgIpc) is 2.65. The van der Waals surface area contributed by atoms with E-state index in [4.69, 9.17) is 10.5 Å². The van der Waals surface area contributed by atoms with E-state index in [9.17, 15) is 22.7 Å². The molecule has 0 saturated carbocycles. The van der Waals surface area contributed by atoms with E-state index >= 15 is 0 Å². The van der Waals surface area contributed by atoms with Crippen LogP contribution in [0.3, 0.4) is 0 Å². The molecule has 0 unspecified atom stereocenters. The predicted octanol–water partition coefficient (Wildman–Crippen LogP) is 2.79. The third-order valence-electron chi connectivity index (χ3n) is 4.14. The number of nitrogens with two attached hydrogens (primary N) is 1. The molecule has 0 atom stereocenters. The van der Waals surface area contributed by atoms with E-state index in [1.54, 1.807) is 13.0 Å². The number of carboxylic acid groups (broad SMARTS) is 1. The Balaban J connectivity index is 2.57. The highest BCUT2D eigenvalue weighted by Crippen LogP contribution is 2.33. The normalized spacial score (nSPS) is 11.3. The van der Waals surface area contributed by atoms with E-state index in [-0.39, 0.29) is 40.6 Å². The molecule has 0 saturated heterocycles. The van der Waals surface area contributed by atoms with Crippen molar-refractivity contribution in [3.8, 4) is 5.75 Å². The molecule has 0 aromatic heterocycles. The van der Waals surface area contributed by atoms with Crippen molar-refractivity contribution >= 4 is 21.7 Å². The van der Waals surface area contributed by atoms with Crippen molar-refractivity contribution < 1.29 is 27.4 Å². The molecule has 28 heavy (non-hydrogen) atoms. The van der Waals surface area contributed by atoms with Gasteiger partial charge in [-0.1, -0.05) is 19.9 Å². The Morgan fingerprint density at radius 1 is 1.18 bits per heavy atom. The highest BCUT2D eigenvalue weighted by molar-refractivity contribution is 7.92. The number of hydrogen-bond donors (Lipinski definition) is 3. The first-order chi connectivity index (χ1) is 13.2. The lowest BCUT2D eigenvalue weighted by Crippen LogP contribution is -2.19. The molecule has 7 nitrogen and oxygen atoms in total. The number of halogens is 1. The fourth-order valence-corrected chi connectivity index (χ4v) is 4.18. The summed E-state index contributed by atoms with van der Waals surface area (Å²) in [7, 11) is -4.15. The van der Waals surface area contributed by atoms with Crippen molar-refractivity contribution in [2.45, 2.75) is 31.6 Å². The van der Waals surface area contributed by atoms with Gasteiger partial charge in [0.2, 0.25) is 0 Å². The molecule has 0 radical (unpaired) electrons. The fourth-order valence-electron chi connectivity index (χ4n) is 2.81. The highest BCUT2D eigenvalue weighted by Gasteiger charge is 2.25. The topological polar surface area (TPSA) is 119 Å². The van der Waals surface area contributed by atoms with Crippen molar-refractivity contribution in [1.82, 2.24) is 0 Å². The molecule has 0 spiro atoms. The van der Waals surface area contributed by atoms with Crippen molar-refractivity contribution in [3.05, 3.63) is 52.8 Å². The van der Waals surface area contributed by atoms with Crippen LogP contribution < -0.4 is 15.2 Å². The van der Waals surface area contributed by atoms with Gasteiger partial charge in [0.05, 0.1) is 10.6 Å².